The Balaban J connectivity index is 1.56. The van der Waals surface area contributed by atoms with Crippen molar-refractivity contribution >= 4 is 64.1 Å². The molecule has 46 heavy (non-hydrogen) atoms. The topological polar surface area (TPSA) is 21.7 Å². The van der Waals surface area contributed by atoms with Crippen LogP contribution in [0.3, 0.4) is 0 Å². The van der Waals surface area contributed by atoms with Crippen LogP contribution in [0.5, 0.6) is 0 Å². The first kappa shape index (κ1) is 28.9. The maximum absolute atomic E-state index is 5.03. The molecule has 0 aliphatic carbocycles. The van der Waals surface area contributed by atoms with Crippen LogP contribution in [-0.4, -0.2) is 9.55 Å². The van der Waals surface area contributed by atoms with Gasteiger partial charge in [-0.2, -0.15) is 4.57 Å². The van der Waals surface area contributed by atoms with Gasteiger partial charge in [0.05, 0.1) is 23.0 Å². The van der Waals surface area contributed by atoms with Gasteiger partial charge in [0.1, 0.15) is 5.69 Å². The number of nitrogens with zero attached hydrogens (tertiary/aromatic N) is 3. The largest absolute Gasteiger partial charge is 0.296 e. The lowest BCUT2D eigenvalue weighted by Crippen LogP contribution is -2.37. The molecular weight excluding hydrogens is 579 g/mol. The number of hydrogen-bond acceptors (Lipinski definition) is 2. The number of aryl methyl sites for hydroxylation is 4. The molecule has 0 saturated carbocycles. The molecule has 228 valence electrons. The van der Waals surface area contributed by atoms with Crippen LogP contribution >= 0.6 is 11.3 Å². The Morgan fingerprint density at radius 1 is 0.674 bits per heavy atom. The van der Waals surface area contributed by atoms with Crippen LogP contribution in [0.1, 0.15) is 67.6 Å². The van der Waals surface area contributed by atoms with Gasteiger partial charge >= 0.3 is 0 Å². The molecule has 0 atom stereocenters. The second-order valence-electron chi connectivity index (χ2n) is 13.6. The third-order valence-corrected chi connectivity index (χ3v) is 11.2. The minimum absolute atomic E-state index is 0.366. The first-order valence-corrected chi connectivity index (χ1v) is 17.3. The Bertz CT molecular complexity index is 2500. The minimum Gasteiger partial charge on any atom is -0.254 e. The average molecular weight is 619 g/mol. The van der Waals surface area contributed by atoms with Crippen molar-refractivity contribution in [3.63, 3.8) is 0 Å². The fourth-order valence-corrected chi connectivity index (χ4v) is 9.15. The van der Waals surface area contributed by atoms with E-state index in [1.54, 1.807) is 0 Å². The van der Waals surface area contributed by atoms with Gasteiger partial charge in [-0.15, -0.1) is 11.3 Å². The van der Waals surface area contributed by atoms with E-state index in [9.17, 15) is 0 Å². The molecule has 0 N–H and O–H groups in total. The molecule has 0 aliphatic rings. The van der Waals surface area contributed by atoms with E-state index in [1.807, 2.05) is 11.3 Å². The van der Waals surface area contributed by atoms with E-state index in [0.29, 0.717) is 11.8 Å². The average Bonchev–Trinajstić information content (AvgIpc) is 3.55. The molecule has 0 spiro atoms. The quantitative estimate of drug-likeness (QED) is 0.142. The highest BCUT2D eigenvalue weighted by Gasteiger charge is 2.34. The normalized spacial score (nSPS) is 12.3. The molecule has 4 heteroatoms. The first-order chi connectivity index (χ1) is 22.2. The molecule has 8 aromatic rings. The summed E-state index contributed by atoms with van der Waals surface area (Å²) in [6, 6.07) is 31.8. The number of benzene rings is 5. The Morgan fingerprint density at radius 2 is 1.30 bits per heavy atom. The van der Waals surface area contributed by atoms with Gasteiger partial charge in [0.2, 0.25) is 5.52 Å². The van der Waals surface area contributed by atoms with Crippen molar-refractivity contribution < 1.29 is 4.57 Å². The Hall–Kier alpha value is -4.54. The van der Waals surface area contributed by atoms with Gasteiger partial charge in [0.15, 0.2) is 5.52 Å². The zero-order valence-electron chi connectivity index (χ0n) is 28.0. The van der Waals surface area contributed by atoms with Crippen molar-refractivity contribution in [2.75, 3.05) is 0 Å². The van der Waals surface area contributed by atoms with Crippen molar-refractivity contribution in [3.8, 4) is 17.1 Å². The van der Waals surface area contributed by atoms with Gasteiger partial charge in [-0.25, -0.2) is 4.57 Å². The lowest BCUT2D eigenvalue weighted by atomic mass is 9.92. The van der Waals surface area contributed by atoms with Gasteiger partial charge in [-0.05, 0) is 54.3 Å². The number of imidazole rings is 1. The number of fused-ring (bicyclic) bond motifs is 8. The van der Waals surface area contributed by atoms with Crippen LogP contribution in [0.25, 0.3) is 69.8 Å². The molecule has 0 bridgehead atoms. The molecule has 0 unspecified atom stereocenters. The van der Waals surface area contributed by atoms with Gasteiger partial charge in [0.25, 0.3) is 5.82 Å². The second kappa shape index (κ2) is 10.5. The predicted octanol–water partition coefficient (Wildman–Crippen LogP) is 11.4. The number of para-hydroxylation sites is 1. The Kier molecular flexibility index (Phi) is 6.60. The van der Waals surface area contributed by atoms with Crippen molar-refractivity contribution in [2.24, 2.45) is 7.05 Å². The van der Waals surface area contributed by atoms with Crippen LogP contribution in [-0.2, 0) is 7.05 Å². The maximum atomic E-state index is 5.03. The van der Waals surface area contributed by atoms with Crippen molar-refractivity contribution in [1.82, 2.24) is 9.55 Å². The Labute approximate surface area is 274 Å². The number of thiophene rings is 1. The summed E-state index contributed by atoms with van der Waals surface area (Å²) in [6.45, 7) is 15.8. The van der Waals surface area contributed by atoms with Crippen molar-refractivity contribution in [2.45, 2.75) is 60.3 Å². The van der Waals surface area contributed by atoms with Crippen LogP contribution in [0.15, 0.2) is 84.9 Å². The summed E-state index contributed by atoms with van der Waals surface area (Å²) in [5.74, 6) is 1.95. The van der Waals surface area contributed by atoms with E-state index in [4.69, 9.17) is 4.98 Å². The van der Waals surface area contributed by atoms with Crippen molar-refractivity contribution in [3.05, 3.63) is 113 Å². The summed E-state index contributed by atoms with van der Waals surface area (Å²) in [4.78, 5) is 5.03. The standard InChI is InChI=1S/C42H40N3S/c1-23(2)29-14-11-15-30(24(3)4)39(29)45-38-27(7)43-26(6)22-36(38)44(8)42(45)37-25(5)16-18-35-34-21-20-32-31-13-10-9-12-28(31)17-19-33(32)40(34)46-41(35)37/h9-24H,1-8H3/q+1. The number of aromatic nitrogens is 3. The van der Waals surface area contributed by atoms with Crippen LogP contribution in [0, 0.1) is 20.8 Å². The number of hydrogen-bond donors (Lipinski definition) is 0. The van der Waals surface area contributed by atoms with E-state index in [1.165, 1.54) is 86.5 Å². The molecule has 0 radical (unpaired) electrons. The predicted molar refractivity (Wildman–Crippen MR) is 198 cm³/mol. The summed E-state index contributed by atoms with van der Waals surface area (Å²) in [5, 5.41) is 7.89. The van der Waals surface area contributed by atoms with E-state index in [2.05, 4.69) is 150 Å². The molecule has 0 fully saturated rings. The first-order valence-electron chi connectivity index (χ1n) is 16.4. The molecule has 0 saturated heterocycles. The van der Waals surface area contributed by atoms with Crippen LogP contribution in [0.4, 0.5) is 0 Å². The summed E-state index contributed by atoms with van der Waals surface area (Å²) in [6.07, 6.45) is 0. The molecule has 8 rings (SSSR count). The summed E-state index contributed by atoms with van der Waals surface area (Å²) >= 11 is 1.94. The number of pyridine rings is 1. The van der Waals surface area contributed by atoms with E-state index < -0.39 is 0 Å². The lowest BCUT2D eigenvalue weighted by Gasteiger charge is -2.19. The lowest BCUT2D eigenvalue weighted by molar-refractivity contribution is -0.557. The van der Waals surface area contributed by atoms with Crippen LogP contribution < -0.4 is 4.57 Å². The number of rotatable bonds is 4. The SMILES string of the molecule is Cc1cc2c(c(C)n1)[n+](-c1c(C(C)C)cccc1C(C)C)c(-c1c(C)ccc3c1sc1c3ccc3c4ccccc4ccc31)n2C. The highest BCUT2D eigenvalue weighted by atomic mass is 32.1. The molecule has 0 amide bonds. The molecule has 3 aromatic heterocycles. The molecular formula is C42H40N3S+. The maximum Gasteiger partial charge on any atom is 0.296 e. The second-order valence-corrected chi connectivity index (χ2v) is 14.6. The molecule has 3 nitrogen and oxygen atoms in total. The fraction of sp³-hybridized carbons (Fsp3) is 0.238. The minimum atomic E-state index is 0.366. The van der Waals surface area contributed by atoms with Gasteiger partial charge in [0, 0.05) is 43.7 Å². The molecule has 0 aliphatic heterocycles. The van der Waals surface area contributed by atoms with E-state index >= 15 is 0 Å². The van der Waals surface area contributed by atoms with E-state index in [-0.39, 0.29) is 0 Å². The third-order valence-electron chi connectivity index (χ3n) is 9.92. The molecule has 5 aromatic carbocycles. The monoisotopic (exact) mass is 618 g/mol. The highest BCUT2D eigenvalue weighted by molar-refractivity contribution is 7.27. The van der Waals surface area contributed by atoms with Gasteiger partial charge in [-0.3, -0.25) is 4.98 Å². The van der Waals surface area contributed by atoms with Gasteiger partial charge < -0.3 is 0 Å². The molecule has 3 heterocycles. The van der Waals surface area contributed by atoms with Gasteiger partial charge in [-0.1, -0.05) is 107 Å². The summed E-state index contributed by atoms with van der Waals surface area (Å²) in [5.41, 5.74) is 11.1. The van der Waals surface area contributed by atoms with Crippen LogP contribution in [0.2, 0.25) is 0 Å². The highest BCUT2D eigenvalue weighted by Crippen LogP contribution is 2.45. The van der Waals surface area contributed by atoms with Crippen molar-refractivity contribution in [1.29, 1.82) is 0 Å². The zero-order chi connectivity index (χ0) is 32.0. The fourth-order valence-electron chi connectivity index (χ4n) is 7.73. The third kappa shape index (κ3) is 4.09. The summed E-state index contributed by atoms with van der Waals surface area (Å²) < 4.78 is 7.69. The van der Waals surface area contributed by atoms with E-state index in [0.717, 1.165) is 11.4 Å². The Morgan fingerprint density at radius 3 is 2.04 bits per heavy atom. The smallest absolute Gasteiger partial charge is 0.254 e. The summed E-state index contributed by atoms with van der Waals surface area (Å²) in [7, 11) is 2.24. The zero-order valence-corrected chi connectivity index (χ0v) is 28.8.